The van der Waals surface area contributed by atoms with E-state index in [9.17, 15) is 18.6 Å². The first-order valence-corrected chi connectivity index (χ1v) is 7.95. The summed E-state index contributed by atoms with van der Waals surface area (Å²) in [7, 11) is -1.20. The van der Waals surface area contributed by atoms with Crippen molar-refractivity contribution in [2.75, 3.05) is 12.8 Å². The van der Waals surface area contributed by atoms with Crippen LogP contribution < -0.4 is 10.6 Å². The van der Waals surface area contributed by atoms with E-state index in [0.29, 0.717) is 6.41 Å². The van der Waals surface area contributed by atoms with E-state index >= 15 is 0 Å². The lowest BCUT2D eigenvalue weighted by atomic mass is 10.1. The number of carbonyl (C=O) groups is 3. The van der Waals surface area contributed by atoms with Crippen molar-refractivity contribution in [1.82, 2.24) is 10.6 Å². The molecule has 0 aliphatic rings. The van der Waals surface area contributed by atoms with Crippen LogP contribution in [0.1, 0.15) is 27.2 Å². The monoisotopic (exact) mass is 318 g/mol. The third kappa shape index (κ3) is 11.8. The van der Waals surface area contributed by atoms with Gasteiger partial charge in [0.05, 0.1) is 19.0 Å². The summed E-state index contributed by atoms with van der Waals surface area (Å²) >= 11 is 0. The summed E-state index contributed by atoms with van der Waals surface area (Å²) in [4.78, 5) is 33.4. The Kier molecular flexibility index (Phi) is 8.52. The summed E-state index contributed by atoms with van der Waals surface area (Å²) < 4.78 is 16.2. The summed E-state index contributed by atoms with van der Waals surface area (Å²) in [6.07, 6.45) is 3.26. The van der Waals surface area contributed by atoms with Crippen molar-refractivity contribution in [1.29, 1.82) is 0 Å². The first-order chi connectivity index (χ1) is 9.64. The number of amides is 2. The van der Waals surface area contributed by atoms with Crippen molar-refractivity contribution in [3.8, 4) is 0 Å². The lowest BCUT2D eigenvalue weighted by Crippen LogP contribution is -2.41. The Morgan fingerprint density at radius 3 is 2.43 bits per heavy atom. The van der Waals surface area contributed by atoms with E-state index < -0.39 is 34.3 Å². The lowest BCUT2D eigenvalue weighted by molar-refractivity contribution is -0.155. The summed E-state index contributed by atoms with van der Waals surface area (Å²) in [5.41, 5.74) is -0.623. The molecule has 0 saturated heterocycles. The molecule has 0 aromatic carbocycles. The van der Waals surface area contributed by atoms with E-state index in [2.05, 4.69) is 10.6 Å². The van der Waals surface area contributed by atoms with Gasteiger partial charge in [0.2, 0.25) is 12.3 Å². The Bertz CT molecular complexity index is 429. The lowest BCUT2D eigenvalue weighted by Gasteiger charge is -2.21. The number of nitrogens with one attached hydrogen (secondary N) is 2. The zero-order chi connectivity index (χ0) is 16.5. The average Bonchev–Trinajstić information content (AvgIpc) is 2.30. The van der Waals surface area contributed by atoms with Crippen LogP contribution in [-0.2, 0) is 29.9 Å². The summed E-state index contributed by atoms with van der Waals surface area (Å²) in [5, 5.41) is 6.14. The summed E-state index contributed by atoms with van der Waals surface area (Å²) in [5.74, 6) is -0.940. The quantitative estimate of drug-likeness (QED) is 0.478. The van der Waals surface area contributed by atoms with Crippen molar-refractivity contribution in [3.63, 3.8) is 0 Å². The molecule has 0 heterocycles. The van der Waals surface area contributed by atoms with Gasteiger partial charge >= 0.3 is 5.97 Å². The van der Waals surface area contributed by atoms with Gasteiger partial charge in [-0.15, -0.1) is 0 Å². The Morgan fingerprint density at radius 2 is 1.95 bits per heavy atom. The molecular formula is C13H22N2O5S. The molecule has 2 atom stereocenters. The number of hydrogen-bond acceptors (Lipinski definition) is 5. The van der Waals surface area contributed by atoms with Gasteiger partial charge < -0.3 is 15.4 Å². The highest BCUT2D eigenvalue weighted by molar-refractivity contribution is 7.87. The molecule has 0 bridgehead atoms. The zero-order valence-corrected chi connectivity index (χ0v) is 13.5. The van der Waals surface area contributed by atoms with Crippen LogP contribution in [0.2, 0.25) is 0 Å². The number of ether oxygens (including phenoxy) is 1. The molecule has 0 radical (unpaired) electrons. The van der Waals surface area contributed by atoms with Gasteiger partial charge in [0.1, 0.15) is 5.60 Å². The molecule has 2 unspecified atom stereocenters. The largest absolute Gasteiger partial charge is 0.460 e. The number of carbonyl (C=O) groups excluding carboxylic acids is 3. The predicted molar refractivity (Wildman–Crippen MR) is 79.7 cm³/mol. The van der Waals surface area contributed by atoms with E-state index in [1.165, 1.54) is 17.7 Å². The SMILES string of the molecule is CS(=O)/C=C/C(CC(=O)OC(C)(C)C)NC(=O)CNC=O. The van der Waals surface area contributed by atoms with Crippen molar-refractivity contribution in [3.05, 3.63) is 11.5 Å². The molecule has 120 valence electrons. The Balaban J connectivity index is 4.66. The molecule has 0 spiro atoms. The average molecular weight is 318 g/mol. The standard InChI is InChI=1S/C13H22N2O5S/c1-13(2,3)20-12(18)7-10(5-6-21(4)19)15-11(17)8-14-9-16/h5-6,9-10H,7-8H2,1-4H3,(H,14,16)(H,15,17)/b6-5+. The molecule has 0 aliphatic carbocycles. The van der Waals surface area contributed by atoms with Gasteiger partial charge in [0.25, 0.3) is 0 Å². The molecule has 0 rings (SSSR count). The molecule has 0 aromatic heterocycles. The van der Waals surface area contributed by atoms with E-state index in [4.69, 9.17) is 4.74 Å². The van der Waals surface area contributed by atoms with Gasteiger partial charge in [0.15, 0.2) is 0 Å². The van der Waals surface area contributed by atoms with Gasteiger partial charge in [-0.05, 0) is 20.8 Å². The van der Waals surface area contributed by atoms with E-state index in [1.807, 2.05) is 0 Å². The van der Waals surface area contributed by atoms with Gasteiger partial charge in [0, 0.05) is 22.5 Å². The molecule has 2 amide bonds. The minimum absolute atomic E-state index is 0.0855. The predicted octanol–water partition coefficient (Wildman–Crippen LogP) is -0.159. The number of rotatable bonds is 8. The highest BCUT2D eigenvalue weighted by Gasteiger charge is 2.20. The third-order valence-corrected chi connectivity index (χ3v) is 2.54. The number of esters is 1. The highest BCUT2D eigenvalue weighted by atomic mass is 32.2. The van der Waals surface area contributed by atoms with Crippen molar-refractivity contribution in [2.45, 2.75) is 38.8 Å². The summed E-state index contributed by atoms with van der Waals surface area (Å²) in [6.45, 7) is 5.02. The van der Waals surface area contributed by atoms with Crippen molar-refractivity contribution in [2.24, 2.45) is 0 Å². The normalized spacial score (nSPS) is 14.3. The molecule has 2 N–H and O–H groups in total. The van der Waals surface area contributed by atoms with Crippen LogP contribution in [0.4, 0.5) is 0 Å². The highest BCUT2D eigenvalue weighted by Crippen LogP contribution is 2.09. The fraction of sp³-hybridized carbons (Fsp3) is 0.615. The minimum Gasteiger partial charge on any atom is -0.460 e. The van der Waals surface area contributed by atoms with Crippen LogP contribution in [0.25, 0.3) is 0 Å². The molecule has 7 nitrogen and oxygen atoms in total. The van der Waals surface area contributed by atoms with Crippen LogP contribution in [0.5, 0.6) is 0 Å². The molecule has 0 aromatic rings. The molecule has 0 fully saturated rings. The third-order valence-electron chi connectivity index (χ3n) is 2.00. The first-order valence-electron chi connectivity index (χ1n) is 6.33. The van der Waals surface area contributed by atoms with E-state index in [0.717, 1.165) is 0 Å². The Labute approximate surface area is 127 Å². The van der Waals surface area contributed by atoms with Gasteiger partial charge in [-0.2, -0.15) is 0 Å². The number of hydrogen-bond donors (Lipinski definition) is 2. The second-order valence-electron chi connectivity index (χ2n) is 5.29. The second kappa shape index (κ2) is 9.28. The van der Waals surface area contributed by atoms with Gasteiger partial charge in [-0.1, -0.05) is 6.08 Å². The smallest absolute Gasteiger partial charge is 0.308 e. The topological polar surface area (TPSA) is 102 Å². The van der Waals surface area contributed by atoms with Crippen LogP contribution in [-0.4, -0.2) is 46.9 Å². The van der Waals surface area contributed by atoms with Crippen LogP contribution in [0.15, 0.2) is 11.5 Å². The molecule has 0 aliphatic heterocycles. The van der Waals surface area contributed by atoms with Crippen molar-refractivity contribution < 1.29 is 23.3 Å². The van der Waals surface area contributed by atoms with Crippen molar-refractivity contribution >= 4 is 29.1 Å². The Hall–Kier alpha value is -1.70. The van der Waals surface area contributed by atoms with E-state index in [1.54, 1.807) is 20.8 Å². The minimum atomic E-state index is -1.20. The van der Waals surface area contributed by atoms with Crippen LogP contribution in [0, 0.1) is 0 Å². The molecular weight excluding hydrogens is 296 g/mol. The second-order valence-corrected chi connectivity index (χ2v) is 6.56. The summed E-state index contributed by atoms with van der Waals surface area (Å²) in [6, 6.07) is -0.648. The molecule has 8 heteroatoms. The van der Waals surface area contributed by atoms with Gasteiger partial charge in [-0.3, -0.25) is 18.6 Å². The molecule has 0 saturated carbocycles. The fourth-order valence-electron chi connectivity index (χ4n) is 1.33. The van der Waals surface area contributed by atoms with Crippen LogP contribution in [0.3, 0.4) is 0 Å². The maximum Gasteiger partial charge on any atom is 0.308 e. The van der Waals surface area contributed by atoms with Crippen LogP contribution >= 0.6 is 0 Å². The van der Waals surface area contributed by atoms with E-state index in [-0.39, 0.29) is 13.0 Å². The fourth-order valence-corrected chi connectivity index (χ4v) is 1.74. The zero-order valence-electron chi connectivity index (χ0n) is 12.7. The van der Waals surface area contributed by atoms with Gasteiger partial charge in [-0.25, -0.2) is 0 Å². The first kappa shape index (κ1) is 19.3. The maximum atomic E-state index is 11.8. The Morgan fingerprint density at radius 1 is 1.33 bits per heavy atom. The maximum absolute atomic E-state index is 11.8. The molecule has 21 heavy (non-hydrogen) atoms.